The minimum Gasteiger partial charge on any atom is -0.368 e. The molecule has 0 rings (SSSR count). The normalized spacial score (nSPS) is 15.3. The van der Waals surface area contributed by atoms with Crippen molar-refractivity contribution in [3.63, 3.8) is 0 Å². The molecular weight excluding hydrogens is 318 g/mol. The zero-order valence-corrected chi connectivity index (χ0v) is 9.24. The summed E-state index contributed by atoms with van der Waals surface area (Å²) < 4.78 is 121. The fourth-order valence-electron chi connectivity index (χ4n) is 1.17. The van der Waals surface area contributed by atoms with Crippen LogP contribution in [0.4, 0.5) is 43.9 Å². The molecule has 0 amide bonds. The zero-order chi connectivity index (χ0) is 16.6. The van der Waals surface area contributed by atoms with E-state index in [4.69, 9.17) is 10.2 Å². The standard InChI is InChI=1S/C8H8F10O2/c9-5(10,7(13,14)15)1-3(4(19)20)2-6(11,12)8(16,17)18/h3-4,19-20H,1-2H2. The molecule has 0 unspecified atom stereocenters. The SMILES string of the molecule is OC(O)C(CC(F)(F)C(F)(F)F)CC(F)(F)C(F)(F)F. The van der Waals surface area contributed by atoms with Crippen LogP contribution >= 0.6 is 0 Å². The molecule has 0 aliphatic heterocycles. The maximum Gasteiger partial charge on any atom is 0.453 e. The molecule has 20 heavy (non-hydrogen) atoms. The van der Waals surface area contributed by atoms with Crippen LogP contribution in [0.3, 0.4) is 0 Å². The Morgan fingerprint density at radius 3 is 1.00 bits per heavy atom. The summed E-state index contributed by atoms with van der Waals surface area (Å²) >= 11 is 0. The first kappa shape index (κ1) is 19.2. The number of halogens is 10. The lowest BCUT2D eigenvalue weighted by molar-refractivity contribution is -0.310. The highest BCUT2D eigenvalue weighted by Crippen LogP contribution is 2.45. The quantitative estimate of drug-likeness (QED) is 0.602. The van der Waals surface area contributed by atoms with Gasteiger partial charge in [0.15, 0.2) is 6.29 Å². The van der Waals surface area contributed by atoms with E-state index in [1.165, 1.54) is 0 Å². The molecule has 2 nitrogen and oxygen atoms in total. The van der Waals surface area contributed by atoms with Gasteiger partial charge in [0.05, 0.1) is 0 Å². The van der Waals surface area contributed by atoms with Crippen LogP contribution < -0.4 is 0 Å². The lowest BCUT2D eigenvalue weighted by Crippen LogP contribution is -2.45. The molecule has 0 aliphatic carbocycles. The van der Waals surface area contributed by atoms with E-state index in [9.17, 15) is 43.9 Å². The summed E-state index contributed by atoms with van der Waals surface area (Å²) in [4.78, 5) is 0. The Morgan fingerprint density at radius 2 is 0.850 bits per heavy atom. The van der Waals surface area contributed by atoms with Gasteiger partial charge in [-0.3, -0.25) is 0 Å². The third kappa shape index (κ3) is 4.65. The number of aliphatic hydroxyl groups is 2. The van der Waals surface area contributed by atoms with E-state index in [-0.39, 0.29) is 0 Å². The monoisotopic (exact) mass is 326 g/mol. The van der Waals surface area contributed by atoms with Crippen molar-refractivity contribution in [2.24, 2.45) is 5.92 Å². The van der Waals surface area contributed by atoms with Gasteiger partial charge in [-0.2, -0.15) is 43.9 Å². The van der Waals surface area contributed by atoms with Gasteiger partial charge in [0.1, 0.15) is 0 Å². The van der Waals surface area contributed by atoms with E-state index >= 15 is 0 Å². The highest BCUT2D eigenvalue weighted by molar-refractivity contribution is 4.85. The molecule has 0 saturated carbocycles. The van der Waals surface area contributed by atoms with E-state index in [0.717, 1.165) is 0 Å². The third-order valence-corrected chi connectivity index (χ3v) is 2.29. The summed E-state index contributed by atoms with van der Waals surface area (Å²) in [7, 11) is 0. The van der Waals surface area contributed by atoms with Gasteiger partial charge in [-0.15, -0.1) is 0 Å². The van der Waals surface area contributed by atoms with Gasteiger partial charge in [-0.25, -0.2) is 0 Å². The summed E-state index contributed by atoms with van der Waals surface area (Å²) in [5.41, 5.74) is 0. The van der Waals surface area contributed by atoms with Crippen molar-refractivity contribution >= 4 is 0 Å². The second kappa shape index (κ2) is 5.54. The Labute approximate surface area is 105 Å². The van der Waals surface area contributed by atoms with Crippen molar-refractivity contribution in [3.05, 3.63) is 0 Å². The Kier molecular flexibility index (Phi) is 5.33. The predicted octanol–water partition coefficient (Wildman–Crippen LogP) is 3.09. The minimum absolute atomic E-state index is 2.61. The largest absolute Gasteiger partial charge is 0.453 e. The smallest absolute Gasteiger partial charge is 0.368 e. The fourth-order valence-corrected chi connectivity index (χ4v) is 1.17. The Morgan fingerprint density at radius 1 is 0.600 bits per heavy atom. The van der Waals surface area contributed by atoms with Crippen LogP contribution in [-0.4, -0.2) is 40.7 Å². The van der Waals surface area contributed by atoms with Gasteiger partial charge in [-0.05, 0) is 0 Å². The molecule has 0 saturated heterocycles. The number of hydrogen-bond acceptors (Lipinski definition) is 2. The average molecular weight is 326 g/mol. The maximum absolute atomic E-state index is 12.5. The molecule has 0 aromatic carbocycles. The van der Waals surface area contributed by atoms with Crippen molar-refractivity contribution < 1.29 is 54.1 Å². The number of alkyl halides is 10. The fraction of sp³-hybridized carbons (Fsp3) is 1.00. The lowest BCUT2D eigenvalue weighted by atomic mass is 9.92. The molecule has 0 aromatic heterocycles. The summed E-state index contributed by atoms with van der Waals surface area (Å²) in [6.45, 7) is 0. The summed E-state index contributed by atoms with van der Waals surface area (Å²) in [6, 6.07) is 0. The second-order valence-corrected chi connectivity index (χ2v) is 3.99. The molecule has 0 aromatic rings. The van der Waals surface area contributed by atoms with E-state index < -0.39 is 49.2 Å². The second-order valence-electron chi connectivity index (χ2n) is 3.99. The molecule has 122 valence electrons. The Hall–Kier alpha value is -0.780. The lowest BCUT2D eigenvalue weighted by Gasteiger charge is -2.29. The van der Waals surface area contributed by atoms with Gasteiger partial charge in [0.2, 0.25) is 0 Å². The molecule has 0 spiro atoms. The first-order valence-corrected chi connectivity index (χ1v) is 4.76. The van der Waals surface area contributed by atoms with Crippen LogP contribution in [0, 0.1) is 5.92 Å². The van der Waals surface area contributed by atoms with E-state index in [1.807, 2.05) is 0 Å². The van der Waals surface area contributed by atoms with Crippen LogP contribution in [0.2, 0.25) is 0 Å². The van der Waals surface area contributed by atoms with Crippen molar-refractivity contribution in [2.75, 3.05) is 0 Å². The van der Waals surface area contributed by atoms with Crippen LogP contribution in [0.1, 0.15) is 12.8 Å². The van der Waals surface area contributed by atoms with Crippen LogP contribution in [0.15, 0.2) is 0 Å². The zero-order valence-electron chi connectivity index (χ0n) is 9.24. The molecule has 0 atom stereocenters. The van der Waals surface area contributed by atoms with Crippen LogP contribution in [-0.2, 0) is 0 Å². The number of aliphatic hydroxyl groups excluding tert-OH is 1. The third-order valence-electron chi connectivity index (χ3n) is 2.29. The van der Waals surface area contributed by atoms with Gasteiger partial charge in [0, 0.05) is 18.8 Å². The molecule has 2 N–H and O–H groups in total. The molecule has 0 aliphatic rings. The minimum atomic E-state index is -6.21. The number of hydrogen-bond donors (Lipinski definition) is 2. The first-order valence-electron chi connectivity index (χ1n) is 4.76. The molecule has 0 bridgehead atoms. The highest BCUT2D eigenvalue weighted by atomic mass is 19.4. The highest BCUT2D eigenvalue weighted by Gasteiger charge is 2.62. The van der Waals surface area contributed by atoms with E-state index in [2.05, 4.69) is 0 Å². The number of rotatable bonds is 5. The van der Waals surface area contributed by atoms with Crippen molar-refractivity contribution in [3.8, 4) is 0 Å². The predicted molar refractivity (Wildman–Crippen MR) is 43.0 cm³/mol. The van der Waals surface area contributed by atoms with Crippen LogP contribution in [0.25, 0.3) is 0 Å². The average Bonchev–Trinajstić information content (AvgIpc) is 2.11. The van der Waals surface area contributed by atoms with Crippen LogP contribution in [0.5, 0.6) is 0 Å². The van der Waals surface area contributed by atoms with Gasteiger partial charge in [-0.1, -0.05) is 0 Å². The maximum atomic E-state index is 12.5. The van der Waals surface area contributed by atoms with Crippen molar-refractivity contribution in [1.82, 2.24) is 0 Å². The van der Waals surface area contributed by atoms with Crippen molar-refractivity contribution in [1.29, 1.82) is 0 Å². The van der Waals surface area contributed by atoms with E-state index in [0.29, 0.717) is 0 Å². The van der Waals surface area contributed by atoms with Gasteiger partial charge >= 0.3 is 24.2 Å². The van der Waals surface area contributed by atoms with Gasteiger partial charge in [0.25, 0.3) is 0 Å². The summed E-state index contributed by atoms with van der Waals surface area (Å²) in [5, 5.41) is 16.8. The first-order chi connectivity index (χ1) is 8.51. The Bertz CT molecular complexity index is 290. The van der Waals surface area contributed by atoms with Gasteiger partial charge < -0.3 is 10.2 Å². The molecule has 12 heteroatoms. The molecule has 0 heterocycles. The Balaban J connectivity index is 5.13. The van der Waals surface area contributed by atoms with Crippen molar-refractivity contribution in [2.45, 2.75) is 43.3 Å². The topological polar surface area (TPSA) is 40.5 Å². The molecule has 0 radical (unpaired) electrons. The van der Waals surface area contributed by atoms with E-state index in [1.54, 1.807) is 0 Å². The molecular formula is C8H8F10O2. The summed E-state index contributed by atoms with van der Waals surface area (Å²) in [5.74, 6) is -14.3. The summed E-state index contributed by atoms with van der Waals surface area (Å²) in [6.07, 6.45) is -20.8. The molecule has 0 fully saturated rings.